The largest absolute Gasteiger partial charge is 0.322 e. The van der Waals surface area contributed by atoms with Gasteiger partial charge in [0.15, 0.2) is 0 Å². The van der Waals surface area contributed by atoms with Gasteiger partial charge < -0.3 is 10.2 Å². The summed E-state index contributed by atoms with van der Waals surface area (Å²) in [5, 5.41) is 3.60. The number of aryl methyl sites for hydroxylation is 1. The minimum atomic E-state index is -0.213. The summed E-state index contributed by atoms with van der Waals surface area (Å²) >= 11 is 6.01. The second kappa shape index (κ2) is 9.54. The van der Waals surface area contributed by atoms with Gasteiger partial charge in [-0.05, 0) is 78.1 Å². The summed E-state index contributed by atoms with van der Waals surface area (Å²) in [6.07, 6.45) is 1.94. The zero-order valence-electron chi connectivity index (χ0n) is 18.5. The number of fused-ring (bicyclic) bond motifs is 1. The third-order valence-corrected chi connectivity index (χ3v) is 6.32. The van der Waals surface area contributed by atoms with E-state index in [9.17, 15) is 9.59 Å². The van der Waals surface area contributed by atoms with Gasteiger partial charge >= 0.3 is 0 Å². The second-order valence-corrected chi connectivity index (χ2v) is 8.71. The highest BCUT2D eigenvalue weighted by molar-refractivity contribution is 6.30. The van der Waals surface area contributed by atoms with Crippen molar-refractivity contribution in [2.24, 2.45) is 0 Å². The minimum Gasteiger partial charge on any atom is -0.322 e. The number of anilines is 2. The van der Waals surface area contributed by atoms with Crippen LogP contribution in [0.3, 0.4) is 0 Å². The van der Waals surface area contributed by atoms with Gasteiger partial charge in [0.05, 0.1) is 0 Å². The van der Waals surface area contributed by atoms with Gasteiger partial charge in [-0.1, -0.05) is 60.1 Å². The van der Waals surface area contributed by atoms with E-state index >= 15 is 0 Å². The number of rotatable bonds is 4. The Balaban J connectivity index is 1.33. The number of halogens is 1. The van der Waals surface area contributed by atoms with Gasteiger partial charge in [-0.25, -0.2) is 0 Å². The average molecular weight is 467 g/mol. The lowest BCUT2D eigenvalue weighted by atomic mass is 9.99. The van der Waals surface area contributed by atoms with Crippen molar-refractivity contribution in [2.45, 2.75) is 12.8 Å². The van der Waals surface area contributed by atoms with E-state index in [4.69, 9.17) is 11.6 Å². The number of benzene rings is 4. The van der Waals surface area contributed by atoms with Crippen molar-refractivity contribution in [1.29, 1.82) is 0 Å². The molecule has 1 heterocycles. The molecule has 168 valence electrons. The normalized spacial score (nSPS) is 12.7. The molecular formula is C29H23ClN2O2. The van der Waals surface area contributed by atoms with Crippen molar-refractivity contribution in [3.05, 3.63) is 119 Å². The van der Waals surface area contributed by atoms with Crippen LogP contribution in [-0.2, 0) is 6.42 Å². The molecule has 0 spiro atoms. The fourth-order valence-electron chi connectivity index (χ4n) is 4.36. The third-order valence-electron chi connectivity index (χ3n) is 6.07. The molecule has 4 nitrogen and oxygen atoms in total. The molecule has 5 heteroatoms. The van der Waals surface area contributed by atoms with Crippen LogP contribution in [0.4, 0.5) is 11.4 Å². The summed E-state index contributed by atoms with van der Waals surface area (Å²) in [7, 11) is 0. The third kappa shape index (κ3) is 4.45. The van der Waals surface area contributed by atoms with Crippen LogP contribution in [0.2, 0.25) is 5.02 Å². The van der Waals surface area contributed by atoms with Crippen LogP contribution in [0, 0.1) is 0 Å². The molecule has 4 aromatic carbocycles. The fourth-order valence-corrected chi connectivity index (χ4v) is 4.48. The molecule has 2 amide bonds. The monoisotopic (exact) mass is 466 g/mol. The van der Waals surface area contributed by atoms with E-state index in [1.165, 1.54) is 5.56 Å². The molecule has 1 aliphatic rings. The maximum Gasteiger partial charge on any atom is 0.258 e. The number of nitrogens with zero attached hydrogens (tertiary/aromatic N) is 1. The highest BCUT2D eigenvalue weighted by Gasteiger charge is 2.23. The van der Waals surface area contributed by atoms with Crippen LogP contribution in [0.1, 0.15) is 32.7 Å². The Morgan fingerprint density at radius 3 is 2.29 bits per heavy atom. The second-order valence-electron chi connectivity index (χ2n) is 8.27. The highest BCUT2D eigenvalue weighted by Crippen LogP contribution is 2.29. The molecule has 0 aliphatic carbocycles. The first kappa shape index (κ1) is 21.9. The number of hydrogen-bond donors (Lipinski definition) is 1. The Hall–Kier alpha value is -3.89. The van der Waals surface area contributed by atoms with Crippen molar-refractivity contribution in [3.63, 3.8) is 0 Å². The standard InChI is InChI=1S/C29H23ClN2O2/c30-23-15-11-20(12-16-23)25-8-2-3-9-26(25)28(33)31-24-17-13-22(14-18-24)29(34)32-19-5-7-21-6-1-4-10-27(21)32/h1-4,6,8-18H,5,7,19H2,(H,31,33). The van der Waals surface area contributed by atoms with Crippen molar-refractivity contribution in [1.82, 2.24) is 0 Å². The Bertz CT molecular complexity index is 1350. The van der Waals surface area contributed by atoms with E-state index in [0.717, 1.165) is 29.7 Å². The minimum absolute atomic E-state index is 0.0295. The summed E-state index contributed by atoms with van der Waals surface area (Å²) in [6.45, 7) is 0.704. The molecular weight excluding hydrogens is 444 g/mol. The quantitative estimate of drug-likeness (QED) is 0.357. The first-order chi connectivity index (χ1) is 16.6. The zero-order chi connectivity index (χ0) is 23.5. The van der Waals surface area contributed by atoms with E-state index in [1.54, 1.807) is 30.3 Å². The molecule has 0 atom stereocenters. The molecule has 0 saturated heterocycles. The lowest BCUT2D eigenvalue weighted by Gasteiger charge is -2.29. The topological polar surface area (TPSA) is 49.4 Å². The lowest BCUT2D eigenvalue weighted by Crippen LogP contribution is -2.35. The summed E-state index contributed by atoms with van der Waals surface area (Å²) in [5.74, 6) is -0.243. The van der Waals surface area contributed by atoms with Crippen molar-refractivity contribution in [2.75, 3.05) is 16.8 Å². The fraction of sp³-hybridized carbons (Fsp3) is 0.103. The SMILES string of the molecule is O=C(Nc1ccc(C(=O)N2CCCc3ccccc32)cc1)c1ccccc1-c1ccc(Cl)cc1. The Kier molecular flexibility index (Phi) is 6.15. The summed E-state index contributed by atoms with van der Waals surface area (Å²) in [4.78, 5) is 28.1. The van der Waals surface area contributed by atoms with Gasteiger partial charge in [0.2, 0.25) is 0 Å². The molecule has 0 saturated carbocycles. The van der Waals surface area contributed by atoms with Crippen molar-refractivity contribution in [3.8, 4) is 11.1 Å². The van der Waals surface area contributed by atoms with Gasteiger partial charge in [0, 0.05) is 34.1 Å². The van der Waals surface area contributed by atoms with Gasteiger partial charge in [-0.2, -0.15) is 0 Å². The van der Waals surface area contributed by atoms with Gasteiger partial charge in [-0.3, -0.25) is 9.59 Å². The Labute approximate surface area is 203 Å². The van der Waals surface area contributed by atoms with E-state index in [-0.39, 0.29) is 11.8 Å². The summed E-state index contributed by atoms with van der Waals surface area (Å²) < 4.78 is 0. The van der Waals surface area contributed by atoms with Crippen LogP contribution in [0.15, 0.2) is 97.1 Å². The molecule has 4 aromatic rings. The van der Waals surface area contributed by atoms with Gasteiger partial charge in [0.25, 0.3) is 11.8 Å². The molecule has 34 heavy (non-hydrogen) atoms. The van der Waals surface area contributed by atoms with Gasteiger partial charge in [0.1, 0.15) is 0 Å². The van der Waals surface area contributed by atoms with Gasteiger partial charge in [-0.15, -0.1) is 0 Å². The van der Waals surface area contributed by atoms with Crippen LogP contribution < -0.4 is 10.2 Å². The summed E-state index contributed by atoms with van der Waals surface area (Å²) in [5.41, 5.74) is 5.71. The molecule has 1 N–H and O–H groups in total. The molecule has 0 aromatic heterocycles. The molecule has 1 aliphatic heterocycles. The van der Waals surface area contributed by atoms with Crippen molar-refractivity contribution >= 4 is 34.8 Å². The number of para-hydroxylation sites is 1. The molecule has 0 unspecified atom stereocenters. The Morgan fingerprint density at radius 1 is 0.794 bits per heavy atom. The Morgan fingerprint density at radius 2 is 1.50 bits per heavy atom. The lowest BCUT2D eigenvalue weighted by molar-refractivity contribution is 0.0984. The van der Waals surface area contributed by atoms with E-state index < -0.39 is 0 Å². The van der Waals surface area contributed by atoms with E-state index in [1.807, 2.05) is 65.6 Å². The zero-order valence-corrected chi connectivity index (χ0v) is 19.3. The van der Waals surface area contributed by atoms with Crippen LogP contribution >= 0.6 is 11.6 Å². The van der Waals surface area contributed by atoms with Crippen molar-refractivity contribution < 1.29 is 9.59 Å². The number of hydrogen-bond acceptors (Lipinski definition) is 2. The molecule has 5 rings (SSSR count). The van der Waals surface area contributed by atoms with Crippen LogP contribution in [0.5, 0.6) is 0 Å². The summed E-state index contributed by atoms with van der Waals surface area (Å²) in [6, 6.07) is 30.0. The van der Waals surface area contributed by atoms with Crippen LogP contribution in [0.25, 0.3) is 11.1 Å². The van der Waals surface area contributed by atoms with E-state index in [2.05, 4.69) is 11.4 Å². The number of carbonyl (C=O) groups excluding carboxylic acids is 2. The predicted octanol–water partition coefficient (Wildman–Crippen LogP) is 6.85. The maximum atomic E-state index is 13.2. The van der Waals surface area contributed by atoms with E-state index in [0.29, 0.717) is 28.4 Å². The highest BCUT2D eigenvalue weighted by atomic mass is 35.5. The number of carbonyl (C=O) groups is 2. The predicted molar refractivity (Wildman–Crippen MR) is 138 cm³/mol. The molecule has 0 bridgehead atoms. The average Bonchev–Trinajstić information content (AvgIpc) is 2.89. The first-order valence-corrected chi connectivity index (χ1v) is 11.6. The number of amides is 2. The first-order valence-electron chi connectivity index (χ1n) is 11.3. The molecule has 0 fully saturated rings. The maximum absolute atomic E-state index is 13.2. The smallest absolute Gasteiger partial charge is 0.258 e. The van der Waals surface area contributed by atoms with Crippen LogP contribution in [-0.4, -0.2) is 18.4 Å². The molecule has 0 radical (unpaired) electrons. The number of nitrogens with one attached hydrogen (secondary N) is 1.